The number of hydrazine groups is 1. The highest BCUT2D eigenvalue weighted by atomic mass is 35.5. The molecule has 1 aliphatic heterocycles. The zero-order valence-corrected chi connectivity index (χ0v) is 24.5. The Morgan fingerprint density at radius 3 is 2.40 bits per heavy atom. The van der Waals surface area contributed by atoms with Crippen molar-refractivity contribution in [3.05, 3.63) is 88.4 Å². The van der Waals surface area contributed by atoms with Gasteiger partial charge in [-0.05, 0) is 74.4 Å². The van der Waals surface area contributed by atoms with E-state index in [1.807, 2.05) is 5.01 Å². The Kier molecular flexibility index (Phi) is 9.37. The van der Waals surface area contributed by atoms with Crippen LogP contribution in [0.15, 0.2) is 71.9 Å². The second kappa shape index (κ2) is 12.6. The molecule has 1 saturated heterocycles. The Labute approximate surface area is 248 Å². The van der Waals surface area contributed by atoms with Crippen LogP contribution in [-0.4, -0.2) is 47.0 Å². The highest BCUT2D eigenvalue weighted by Gasteiger charge is 2.25. The first-order valence-corrected chi connectivity index (χ1v) is 14.4. The zero-order chi connectivity index (χ0) is 27.6. The summed E-state index contributed by atoms with van der Waals surface area (Å²) in [6.07, 6.45) is 5.88. The van der Waals surface area contributed by atoms with Crippen LogP contribution in [0.3, 0.4) is 0 Å². The minimum Gasteiger partial charge on any atom is -0.379 e. The summed E-state index contributed by atoms with van der Waals surface area (Å²) in [6, 6.07) is 14.4. The lowest BCUT2D eigenvalue weighted by Gasteiger charge is -2.26. The van der Waals surface area contributed by atoms with Gasteiger partial charge in [0, 0.05) is 41.8 Å². The first kappa shape index (κ1) is 29.8. The topological polar surface area (TPSA) is 106 Å². The molecular weight excluding hydrogens is 597 g/mol. The van der Waals surface area contributed by atoms with Gasteiger partial charge in [-0.2, -0.15) is 8.42 Å². The van der Waals surface area contributed by atoms with E-state index in [9.17, 15) is 13.2 Å². The number of amides is 1. The van der Waals surface area contributed by atoms with E-state index in [2.05, 4.69) is 10.4 Å². The number of rotatable bonds is 7. The van der Waals surface area contributed by atoms with Crippen molar-refractivity contribution in [3.63, 3.8) is 0 Å². The van der Waals surface area contributed by atoms with Crippen molar-refractivity contribution in [1.29, 1.82) is 0 Å². The number of benzene rings is 2. The third-order valence-electron chi connectivity index (χ3n) is 6.33. The molecule has 1 fully saturated rings. The molecule has 210 valence electrons. The first-order chi connectivity index (χ1) is 18.7. The summed E-state index contributed by atoms with van der Waals surface area (Å²) in [7, 11) is -4.05. The second-order valence-corrected chi connectivity index (χ2v) is 11.4. The van der Waals surface area contributed by atoms with Gasteiger partial charge in [0.25, 0.3) is 5.91 Å². The Morgan fingerprint density at radius 2 is 1.75 bits per heavy atom. The maximum Gasteiger partial charge on any atom is 0.340 e. The molecular formula is C27H26Cl3N5O4S. The smallest absolute Gasteiger partial charge is 0.340 e. The molecule has 3 heterocycles. The van der Waals surface area contributed by atoms with Crippen molar-refractivity contribution < 1.29 is 17.4 Å². The molecule has 0 radical (unpaired) electrons. The van der Waals surface area contributed by atoms with Gasteiger partial charge in [-0.3, -0.25) is 19.8 Å². The summed E-state index contributed by atoms with van der Waals surface area (Å²) in [6.45, 7) is 3.36. The van der Waals surface area contributed by atoms with Crippen molar-refractivity contribution >= 4 is 51.6 Å². The van der Waals surface area contributed by atoms with E-state index in [1.165, 1.54) is 36.7 Å². The molecule has 4 aromatic rings. The molecule has 1 aliphatic rings. The number of carbonyl (C=O) groups excluding carboxylic acids is 1. The van der Waals surface area contributed by atoms with Crippen LogP contribution in [0.1, 0.15) is 35.4 Å². The maximum absolute atomic E-state index is 13.3. The Morgan fingerprint density at radius 1 is 1.02 bits per heavy atom. The van der Waals surface area contributed by atoms with Gasteiger partial charge < -0.3 is 4.18 Å². The van der Waals surface area contributed by atoms with Crippen molar-refractivity contribution in [1.82, 2.24) is 25.0 Å². The number of hydrogen-bond acceptors (Lipinski definition) is 7. The van der Waals surface area contributed by atoms with Crippen LogP contribution >= 0.6 is 35.6 Å². The van der Waals surface area contributed by atoms with E-state index in [0.717, 1.165) is 32.4 Å². The number of halogens is 3. The summed E-state index contributed by atoms with van der Waals surface area (Å²) in [5, 5.41) is 2.76. The van der Waals surface area contributed by atoms with Crippen molar-refractivity contribution in [2.45, 2.75) is 31.1 Å². The van der Waals surface area contributed by atoms with E-state index >= 15 is 0 Å². The number of aromatic nitrogens is 3. The highest BCUT2D eigenvalue weighted by Crippen LogP contribution is 2.34. The predicted molar refractivity (Wildman–Crippen MR) is 156 cm³/mol. The zero-order valence-electron chi connectivity index (χ0n) is 21.4. The molecule has 0 bridgehead atoms. The van der Waals surface area contributed by atoms with Crippen LogP contribution in [0, 0.1) is 6.92 Å². The molecule has 0 aliphatic carbocycles. The summed E-state index contributed by atoms with van der Waals surface area (Å²) in [4.78, 5) is 21.8. The molecule has 2 aromatic carbocycles. The van der Waals surface area contributed by atoms with Gasteiger partial charge in [0.15, 0.2) is 5.69 Å². The molecule has 0 spiro atoms. The van der Waals surface area contributed by atoms with Gasteiger partial charge in [0.05, 0.1) is 10.7 Å². The van der Waals surface area contributed by atoms with Crippen molar-refractivity contribution in [2.24, 2.45) is 0 Å². The third-order valence-corrected chi connectivity index (χ3v) is 8.11. The Bertz CT molecular complexity index is 1610. The monoisotopic (exact) mass is 621 g/mol. The standard InChI is InChI=1S/C27H25Cl2N5O4S.ClH/c1-18-25(27(35)32-33-14-3-2-4-15-33)31-26(23-12-7-19(28)16-24(23)29)34(18)20-8-10-21(11-9-20)38-39(36,37)22-6-5-13-30-17-22;/h5-13,16-17H,2-4,14-15H2,1H3,(H,32,35);1H. The van der Waals surface area contributed by atoms with E-state index in [4.69, 9.17) is 32.4 Å². The van der Waals surface area contributed by atoms with Gasteiger partial charge in [0.1, 0.15) is 16.5 Å². The summed E-state index contributed by atoms with van der Waals surface area (Å²) < 4.78 is 32.3. The van der Waals surface area contributed by atoms with Crippen LogP contribution in [-0.2, 0) is 10.1 Å². The fourth-order valence-corrected chi connectivity index (χ4v) is 5.80. The molecule has 40 heavy (non-hydrogen) atoms. The quantitative estimate of drug-likeness (QED) is 0.257. The molecule has 0 unspecified atom stereocenters. The Hall–Kier alpha value is -3.15. The number of imidazole rings is 1. The summed E-state index contributed by atoms with van der Waals surface area (Å²) >= 11 is 12.7. The highest BCUT2D eigenvalue weighted by molar-refractivity contribution is 7.87. The lowest BCUT2D eigenvalue weighted by Crippen LogP contribution is -2.45. The minimum atomic E-state index is -4.05. The van der Waals surface area contributed by atoms with E-state index in [1.54, 1.807) is 41.8 Å². The number of piperidine rings is 1. The van der Waals surface area contributed by atoms with Crippen LogP contribution in [0.2, 0.25) is 10.0 Å². The van der Waals surface area contributed by atoms with Crippen molar-refractivity contribution in [3.8, 4) is 22.8 Å². The van der Waals surface area contributed by atoms with Gasteiger partial charge in [-0.1, -0.05) is 29.6 Å². The molecule has 13 heteroatoms. The first-order valence-electron chi connectivity index (χ1n) is 12.3. The molecule has 9 nitrogen and oxygen atoms in total. The minimum absolute atomic E-state index is 0. The van der Waals surface area contributed by atoms with E-state index in [0.29, 0.717) is 32.8 Å². The van der Waals surface area contributed by atoms with Gasteiger partial charge >= 0.3 is 10.1 Å². The fraction of sp³-hybridized carbons (Fsp3) is 0.222. The van der Waals surface area contributed by atoms with E-state index < -0.39 is 10.1 Å². The molecule has 5 rings (SSSR count). The van der Waals surface area contributed by atoms with Gasteiger partial charge in [-0.25, -0.2) is 9.99 Å². The number of nitrogens with one attached hydrogen (secondary N) is 1. The molecule has 1 N–H and O–H groups in total. The predicted octanol–water partition coefficient (Wildman–Crippen LogP) is 5.87. The SMILES string of the molecule is Cc1c(C(=O)NN2CCCCC2)nc(-c2ccc(Cl)cc2Cl)n1-c1ccc(OS(=O)(=O)c2cccnc2)cc1.Cl. The van der Waals surface area contributed by atoms with Gasteiger partial charge in [0.2, 0.25) is 0 Å². The van der Waals surface area contributed by atoms with E-state index in [-0.39, 0.29) is 34.7 Å². The lowest BCUT2D eigenvalue weighted by atomic mass is 10.2. The average Bonchev–Trinajstić information content (AvgIpc) is 3.27. The lowest BCUT2D eigenvalue weighted by molar-refractivity contribution is 0.0744. The van der Waals surface area contributed by atoms with Crippen LogP contribution in [0.4, 0.5) is 0 Å². The number of hydrogen-bond donors (Lipinski definition) is 1. The summed E-state index contributed by atoms with van der Waals surface area (Å²) in [5.41, 5.74) is 5.02. The van der Waals surface area contributed by atoms with Gasteiger partial charge in [-0.15, -0.1) is 12.4 Å². The molecule has 2 aromatic heterocycles. The fourth-order valence-electron chi connectivity index (χ4n) is 4.41. The molecule has 0 saturated carbocycles. The van der Waals surface area contributed by atoms with Crippen molar-refractivity contribution in [2.75, 3.05) is 13.1 Å². The maximum atomic E-state index is 13.3. The Balaban J connectivity index is 0.00000370. The number of nitrogens with zero attached hydrogens (tertiary/aromatic N) is 4. The normalized spacial score (nSPS) is 13.9. The number of carbonyl (C=O) groups is 1. The van der Waals surface area contributed by atoms with Crippen LogP contribution in [0.25, 0.3) is 17.1 Å². The number of pyridine rings is 1. The summed E-state index contributed by atoms with van der Waals surface area (Å²) in [5.74, 6) is 0.242. The van der Waals surface area contributed by atoms with Crippen LogP contribution in [0.5, 0.6) is 5.75 Å². The molecule has 0 atom stereocenters. The van der Waals surface area contributed by atoms with Crippen LogP contribution < -0.4 is 9.61 Å². The largest absolute Gasteiger partial charge is 0.379 e. The third kappa shape index (κ3) is 6.42. The molecule has 1 amide bonds. The average molecular weight is 623 g/mol. The second-order valence-electron chi connectivity index (χ2n) is 9.04.